The lowest BCUT2D eigenvalue weighted by Crippen LogP contribution is -2.26. The Balaban J connectivity index is 4.33. The van der Waals surface area contributed by atoms with E-state index in [1.165, 1.54) is 0 Å². The molecule has 3 N–H and O–H groups in total. The number of nitrogens with zero attached hydrogens (tertiary/aromatic N) is 1. The molecule has 0 amide bonds. The van der Waals surface area contributed by atoms with E-state index in [0.717, 1.165) is 0 Å². The Hall–Kier alpha value is -1.27. The van der Waals surface area contributed by atoms with Crippen LogP contribution < -0.4 is 5.84 Å². The van der Waals surface area contributed by atoms with Gasteiger partial charge in [0.05, 0.1) is 6.42 Å². The van der Waals surface area contributed by atoms with Crippen LogP contribution >= 0.6 is 0 Å². The van der Waals surface area contributed by atoms with Crippen LogP contribution in [-0.2, 0) is 4.79 Å². The summed E-state index contributed by atoms with van der Waals surface area (Å²) in [6, 6.07) is 0. The molecule has 0 saturated heterocycles. The second kappa shape index (κ2) is 3.22. The summed E-state index contributed by atoms with van der Waals surface area (Å²) >= 11 is 0. The summed E-state index contributed by atoms with van der Waals surface area (Å²) < 4.78 is 34.8. The number of rotatable bonds is 2. The minimum Gasteiger partial charge on any atom is -0.481 e. The lowest BCUT2D eigenvalue weighted by atomic mass is 10.3. The molecule has 0 aliphatic heterocycles. The molecule has 0 aliphatic rings. The number of nitrogens with two attached hydrogens (primary N) is 1. The molecule has 0 bridgehead atoms. The first-order chi connectivity index (χ1) is 4.88. The molecule has 0 unspecified atom stereocenters. The van der Waals surface area contributed by atoms with Gasteiger partial charge in [0, 0.05) is 0 Å². The van der Waals surface area contributed by atoms with Crippen LogP contribution in [0.4, 0.5) is 13.2 Å². The Morgan fingerprint density at radius 3 is 2.09 bits per heavy atom. The summed E-state index contributed by atoms with van der Waals surface area (Å²) in [5.74, 6) is 2.69. The average Bonchev–Trinajstić information content (AvgIpc) is 1.79. The fourth-order valence-corrected chi connectivity index (χ4v) is 0.362. The van der Waals surface area contributed by atoms with E-state index in [2.05, 4.69) is 10.9 Å². The van der Waals surface area contributed by atoms with E-state index in [1.807, 2.05) is 0 Å². The molecule has 0 fully saturated rings. The van der Waals surface area contributed by atoms with Crippen LogP contribution in [-0.4, -0.2) is 23.0 Å². The van der Waals surface area contributed by atoms with Crippen LogP contribution in [0.3, 0.4) is 0 Å². The summed E-state index contributed by atoms with van der Waals surface area (Å²) in [4.78, 5) is 9.78. The van der Waals surface area contributed by atoms with Crippen molar-refractivity contribution in [3.63, 3.8) is 0 Å². The van der Waals surface area contributed by atoms with E-state index in [9.17, 15) is 18.0 Å². The van der Waals surface area contributed by atoms with E-state index in [4.69, 9.17) is 5.11 Å². The minimum atomic E-state index is -4.76. The van der Waals surface area contributed by atoms with Crippen molar-refractivity contribution in [3.8, 4) is 0 Å². The first-order valence-corrected chi connectivity index (χ1v) is 2.43. The molecule has 0 spiro atoms. The summed E-state index contributed by atoms with van der Waals surface area (Å²) in [5.41, 5.74) is -1.50. The molecule has 0 aliphatic carbocycles. The van der Waals surface area contributed by atoms with Gasteiger partial charge < -0.3 is 10.9 Å². The van der Waals surface area contributed by atoms with Gasteiger partial charge in [-0.15, -0.1) is 0 Å². The van der Waals surface area contributed by atoms with Gasteiger partial charge in [-0.25, -0.2) is 0 Å². The zero-order chi connectivity index (χ0) is 9.07. The Labute approximate surface area is 59.5 Å². The molecule has 11 heavy (non-hydrogen) atoms. The molecule has 0 radical (unpaired) electrons. The third kappa shape index (κ3) is 3.43. The number of aliphatic carboxylic acids is 1. The van der Waals surface area contributed by atoms with Crippen molar-refractivity contribution in [2.45, 2.75) is 12.6 Å². The van der Waals surface area contributed by atoms with Crippen LogP contribution in [0.2, 0.25) is 0 Å². The van der Waals surface area contributed by atoms with Crippen LogP contribution in [0.5, 0.6) is 0 Å². The summed E-state index contributed by atoms with van der Waals surface area (Å²) in [7, 11) is 0. The van der Waals surface area contributed by atoms with Gasteiger partial charge in [-0.1, -0.05) is 0 Å². The standard InChI is InChI=1S/C4H5F3N2O2/c5-4(6,7)2(9-8)1-3(10)11/h1,8H2,(H,10,11)/b9-2-. The van der Waals surface area contributed by atoms with Crippen LogP contribution in [0.15, 0.2) is 5.10 Å². The SMILES string of the molecule is N/N=C(/CC(=O)O)C(F)(F)F. The van der Waals surface area contributed by atoms with E-state index >= 15 is 0 Å². The average molecular weight is 170 g/mol. The lowest BCUT2D eigenvalue weighted by molar-refractivity contribution is -0.136. The largest absolute Gasteiger partial charge is 0.481 e. The molecule has 0 aromatic rings. The summed E-state index contributed by atoms with van der Waals surface area (Å²) in [6.45, 7) is 0. The Kier molecular flexibility index (Phi) is 2.85. The van der Waals surface area contributed by atoms with Gasteiger partial charge in [-0.05, 0) is 0 Å². The Bertz CT molecular complexity index is 186. The first-order valence-electron chi connectivity index (χ1n) is 2.43. The molecule has 0 aromatic heterocycles. The highest BCUT2D eigenvalue weighted by Gasteiger charge is 2.36. The topological polar surface area (TPSA) is 75.7 Å². The molecule has 0 saturated carbocycles. The normalized spacial score (nSPS) is 13.2. The third-order valence-corrected chi connectivity index (χ3v) is 0.802. The zero-order valence-corrected chi connectivity index (χ0v) is 5.22. The van der Waals surface area contributed by atoms with Gasteiger partial charge in [0.1, 0.15) is 0 Å². The van der Waals surface area contributed by atoms with Crippen molar-refractivity contribution in [1.29, 1.82) is 0 Å². The first kappa shape index (κ1) is 9.73. The number of carbonyl (C=O) groups is 1. The van der Waals surface area contributed by atoms with Gasteiger partial charge in [-0.2, -0.15) is 18.3 Å². The van der Waals surface area contributed by atoms with Gasteiger partial charge >= 0.3 is 12.1 Å². The van der Waals surface area contributed by atoms with Crippen molar-refractivity contribution in [1.82, 2.24) is 0 Å². The number of halogens is 3. The second-order valence-corrected chi connectivity index (χ2v) is 1.64. The number of carboxylic acids is 1. The molecular formula is C4H5F3N2O2. The second-order valence-electron chi connectivity index (χ2n) is 1.64. The smallest absolute Gasteiger partial charge is 0.431 e. The van der Waals surface area contributed by atoms with Gasteiger partial charge in [0.25, 0.3) is 0 Å². The fourth-order valence-electron chi connectivity index (χ4n) is 0.362. The number of hydrogen-bond acceptors (Lipinski definition) is 3. The molecular weight excluding hydrogens is 165 g/mol. The lowest BCUT2D eigenvalue weighted by Gasteiger charge is -2.05. The van der Waals surface area contributed by atoms with Gasteiger partial charge in [0.2, 0.25) is 0 Å². The van der Waals surface area contributed by atoms with Gasteiger partial charge in [0.15, 0.2) is 5.71 Å². The summed E-state index contributed by atoms with van der Waals surface area (Å²) in [6.07, 6.45) is -5.97. The van der Waals surface area contributed by atoms with Crippen molar-refractivity contribution in [3.05, 3.63) is 0 Å². The highest BCUT2D eigenvalue weighted by atomic mass is 19.4. The molecule has 7 heteroatoms. The van der Waals surface area contributed by atoms with Crippen molar-refractivity contribution in [2.24, 2.45) is 10.9 Å². The molecule has 0 aromatic carbocycles. The Morgan fingerprint density at radius 1 is 1.55 bits per heavy atom. The zero-order valence-electron chi connectivity index (χ0n) is 5.22. The molecule has 0 heterocycles. The maximum Gasteiger partial charge on any atom is 0.431 e. The predicted molar refractivity (Wildman–Crippen MR) is 29.9 cm³/mol. The highest BCUT2D eigenvalue weighted by Crippen LogP contribution is 2.18. The van der Waals surface area contributed by atoms with Crippen molar-refractivity contribution in [2.75, 3.05) is 0 Å². The number of hydrogen-bond donors (Lipinski definition) is 2. The predicted octanol–water partition coefficient (Wildman–Crippen LogP) is 0.338. The quantitative estimate of drug-likeness (QED) is 0.356. The number of alkyl halides is 3. The van der Waals surface area contributed by atoms with Crippen LogP contribution in [0, 0.1) is 0 Å². The van der Waals surface area contributed by atoms with E-state index in [-0.39, 0.29) is 0 Å². The van der Waals surface area contributed by atoms with E-state index in [1.54, 1.807) is 0 Å². The van der Waals surface area contributed by atoms with Crippen LogP contribution in [0.1, 0.15) is 6.42 Å². The van der Waals surface area contributed by atoms with Crippen molar-refractivity contribution >= 4 is 11.7 Å². The summed E-state index contributed by atoms with van der Waals surface area (Å²) in [5, 5.41) is 10.3. The number of carboxylic acid groups (broad SMARTS) is 1. The third-order valence-electron chi connectivity index (χ3n) is 0.802. The maximum absolute atomic E-state index is 11.6. The monoisotopic (exact) mass is 170 g/mol. The maximum atomic E-state index is 11.6. The van der Waals surface area contributed by atoms with Gasteiger partial charge in [-0.3, -0.25) is 4.79 Å². The van der Waals surface area contributed by atoms with Crippen molar-refractivity contribution < 1.29 is 23.1 Å². The van der Waals surface area contributed by atoms with Crippen LogP contribution in [0.25, 0.3) is 0 Å². The molecule has 4 nitrogen and oxygen atoms in total. The van der Waals surface area contributed by atoms with E-state index in [0.29, 0.717) is 0 Å². The molecule has 0 atom stereocenters. The van der Waals surface area contributed by atoms with E-state index < -0.39 is 24.3 Å². The minimum absolute atomic E-state index is 1.21. The highest BCUT2D eigenvalue weighted by molar-refractivity contribution is 6.01. The number of hydrazone groups is 1. The Morgan fingerprint density at radius 2 is 2.00 bits per heavy atom. The molecule has 64 valence electrons. The molecule has 0 rings (SSSR count). The fraction of sp³-hybridized carbons (Fsp3) is 0.500.